The van der Waals surface area contributed by atoms with Crippen LogP contribution in [0.4, 0.5) is 11.4 Å². The van der Waals surface area contributed by atoms with Crippen molar-refractivity contribution in [1.82, 2.24) is 9.88 Å². The number of hydrogen-bond donors (Lipinski definition) is 1. The minimum Gasteiger partial charge on any atom is -0.372 e. The lowest BCUT2D eigenvalue weighted by molar-refractivity contribution is -0.137. The fourth-order valence-corrected chi connectivity index (χ4v) is 4.55. The van der Waals surface area contributed by atoms with Gasteiger partial charge in [-0.3, -0.25) is 19.5 Å². The van der Waals surface area contributed by atoms with E-state index in [0.29, 0.717) is 11.3 Å². The highest BCUT2D eigenvalue weighted by molar-refractivity contribution is 6.36. The lowest BCUT2D eigenvalue weighted by Gasteiger charge is -2.32. The SMILES string of the molecule is CC1CCN(c2ccc(NC3=C(c4ccccc4)C(=O)N(Cc4cccnc4)C3=O)cc2)CC1. The summed E-state index contributed by atoms with van der Waals surface area (Å²) >= 11 is 0. The van der Waals surface area contributed by atoms with E-state index in [0.717, 1.165) is 35.8 Å². The highest BCUT2D eigenvalue weighted by Gasteiger charge is 2.39. The van der Waals surface area contributed by atoms with Gasteiger partial charge in [0.25, 0.3) is 11.8 Å². The monoisotopic (exact) mass is 452 g/mol. The summed E-state index contributed by atoms with van der Waals surface area (Å²) in [5.41, 5.74) is 4.18. The molecule has 0 aliphatic carbocycles. The summed E-state index contributed by atoms with van der Waals surface area (Å²) in [5.74, 6) is 0.143. The fraction of sp³-hybridized carbons (Fsp3) is 0.250. The molecule has 2 aromatic carbocycles. The van der Waals surface area contributed by atoms with Crippen LogP contribution in [0.3, 0.4) is 0 Å². The van der Waals surface area contributed by atoms with E-state index in [1.165, 1.54) is 23.4 Å². The zero-order chi connectivity index (χ0) is 23.5. The molecule has 0 radical (unpaired) electrons. The number of anilines is 2. The molecule has 6 heteroatoms. The molecule has 172 valence electrons. The van der Waals surface area contributed by atoms with Gasteiger partial charge in [-0.05, 0) is 60.2 Å². The average Bonchev–Trinajstić information content (AvgIpc) is 3.10. The zero-order valence-electron chi connectivity index (χ0n) is 19.3. The number of hydrogen-bond acceptors (Lipinski definition) is 5. The van der Waals surface area contributed by atoms with Crippen LogP contribution in [0.1, 0.15) is 30.9 Å². The molecule has 0 spiro atoms. The van der Waals surface area contributed by atoms with E-state index in [1.807, 2.05) is 48.5 Å². The van der Waals surface area contributed by atoms with Crippen molar-refractivity contribution in [3.63, 3.8) is 0 Å². The van der Waals surface area contributed by atoms with E-state index >= 15 is 0 Å². The van der Waals surface area contributed by atoms with Crippen molar-refractivity contribution in [2.24, 2.45) is 5.92 Å². The Morgan fingerprint density at radius 1 is 0.912 bits per heavy atom. The maximum absolute atomic E-state index is 13.4. The maximum Gasteiger partial charge on any atom is 0.278 e. The van der Waals surface area contributed by atoms with Gasteiger partial charge < -0.3 is 10.2 Å². The smallest absolute Gasteiger partial charge is 0.278 e. The molecular weight excluding hydrogens is 424 g/mol. The second kappa shape index (κ2) is 9.51. The number of amides is 2. The number of carbonyl (C=O) groups excluding carboxylic acids is 2. The Labute approximate surface area is 199 Å². The minimum absolute atomic E-state index is 0.180. The van der Waals surface area contributed by atoms with Gasteiger partial charge in [0.05, 0.1) is 12.1 Å². The van der Waals surface area contributed by atoms with Crippen LogP contribution in [0.2, 0.25) is 0 Å². The standard InChI is InChI=1S/C28H28N4O2/c1-20-13-16-31(17-14-20)24-11-9-23(10-12-24)30-26-25(22-7-3-2-4-8-22)27(33)32(28(26)34)19-21-6-5-15-29-18-21/h2-12,15,18,20,30H,13-14,16-17,19H2,1H3. The third kappa shape index (κ3) is 4.44. The summed E-state index contributed by atoms with van der Waals surface area (Å²) in [7, 11) is 0. The Morgan fingerprint density at radius 3 is 2.32 bits per heavy atom. The van der Waals surface area contributed by atoms with Crippen molar-refractivity contribution >= 4 is 28.8 Å². The molecule has 1 saturated heterocycles. The quantitative estimate of drug-likeness (QED) is 0.549. The van der Waals surface area contributed by atoms with E-state index in [2.05, 4.69) is 34.3 Å². The van der Waals surface area contributed by atoms with Crippen LogP contribution in [0.5, 0.6) is 0 Å². The van der Waals surface area contributed by atoms with Gasteiger partial charge >= 0.3 is 0 Å². The van der Waals surface area contributed by atoms with Crippen LogP contribution in [0.25, 0.3) is 5.57 Å². The topological polar surface area (TPSA) is 65.5 Å². The molecule has 2 aliphatic heterocycles. The van der Waals surface area contributed by atoms with Crippen molar-refractivity contribution < 1.29 is 9.59 Å². The Bertz CT molecular complexity index is 1200. The number of benzene rings is 2. The molecule has 3 heterocycles. The Hall–Kier alpha value is -3.93. The zero-order valence-corrected chi connectivity index (χ0v) is 19.3. The van der Waals surface area contributed by atoms with Crippen LogP contribution in [-0.4, -0.2) is 34.8 Å². The lowest BCUT2D eigenvalue weighted by atomic mass is 9.99. The molecule has 0 atom stereocenters. The summed E-state index contributed by atoms with van der Waals surface area (Å²) in [5, 5.41) is 3.26. The van der Waals surface area contributed by atoms with Gasteiger partial charge in [-0.15, -0.1) is 0 Å². The number of pyridine rings is 1. The van der Waals surface area contributed by atoms with Gasteiger partial charge in [0, 0.05) is 36.9 Å². The number of nitrogens with zero attached hydrogens (tertiary/aromatic N) is 3. The van der Waals surface area contributed by atoms with Crippen molar-refractivity contribution in [3.8, 4) is 0 Å². The number of rotatable bonds is 6. The molecule has 0 unspecified atom stereocenters. The van der Waals surface area contributed by atoms with Crippen molar-refractivity contribution in [2.45, 2.75) is 26.3 Å². The average molecular weight is 453 g/mol. The first-order chi connectivity index (χ1) is 16.6. The molecule has 1 aromatic heterocycles. The first kappa shape index (κ1) is 21.9. The molecule has 0 bridgehead atoms. The summed E-state index contributed by atoms with van der Waals surface area (Å²) < 4.78 is 0. The summed E-state index contributed by atoms with van der Waals surface area (Å²) in [6.45, 7) is 4.61. The molecular formula is C28H28N4O2. The predicted octanol–water partition coefficient (Wildman–Crippen LogP) is 4.71. The van der Waals surface area contributed by atoms with Crippen LogP contribution in [0, 0.1) is 5.92 Å². The number of imide groups is 1. The third-order valence-corrected chi connectivity index (χ3v) is 6.58. The normalized spacial score (nSPS) is 17.0. The molecule has 2 amide bonds. The maximum atomic E-state index is 13.4. The predicted molar refractivity (Wildman–Crippen MR) is 134 cm³/mol. The number of aromatic nitrogens is 1. The lowest BCUT2D eigenvalue weighted by Crippen LogP contribution is -2.32. The fourth-order valence-electron chi connectivity index (χ4n) is 4.55. The number of carbonyl (C=O) groups is 2. The first-order valence-electron chi connectivity index (χ1n) is 11.8. The van der Waals surface area contributed by atoms with Crippen LogP contribution < -0.4 is 10.2 Å². The molecule has 1 N–H and O–H groups in total. The first-order valence-corrected chi connectivity index (χ1v) is 11.8. The largest absolute Gasteiger partial charge is 0.372 e. The van der Waals surface area contributed by atoms with E-state index < -0.39 is 0 Å². The molecule has 34 heavy (non-hydrogen) atoms. The molecule has 3 aromatic rings. The minimum atomic E-state index is -0.332. The van der Waals surface area contributed by atoms with Crippen molar-refractivity contribution in [3.05, 3.63) is 95.9 Å². The molecule has 6 nitrogen and oxygen atoms in total. The van der Waals surface area contributed by atoms with Gasteiger partial charge in [-0.25, -0.2) is 0 Å². The summed E-state index contributed by atoms with van der Waals surface area (Å²) in [4.78, 5) is 34.6. The van der Waals surface area contributed by atoms with Gasteiger partial charge in [0.2, 0.25) is 0 Å². The van der Waals surface area contributed by atoms with Gasteiger partial charge in [0.1, 0.15) is 5.70 Å². The van der Waals surface area contributed by atoms with Gasteiger partial charge in [-0.2, -0.15) is 0 Å². The van der Waals surface area contributed by atoms with Crippen LogP contribution in [0.15, 0.2) is 84.8 Å². The second-order valence-electron chi connectivity index (χ2n) is 9.02. The molecule has 0 saturated carbocycles. The van der Waals surface area contributed by atoms with Gasteiger partial charge in [-0.1, -0.05) is 43.3 Å². The van der Waals surface area contributed by atoms with E-state index in [-0.39, 0.29) is 18.4 Å². The van der Waals surface area contributed by atoms with Crippen LogP contribution >= 0.6 is 0 Å². The summed E-state index contributed by atoms with van der Waals surface area (Å²) in [6.07, 6.45) is 5.76. The van der Waals surface area contributed by atoms with E-state index in [9.17, 15) is 9.59 Å². The summed E-state index contributed by atoms with van der Waals surface area (Å²) in [6, 6.07) is 21.1. The highest BCUT2D eigenvalue weighted by atomic mass is 16.2. The Kier molecular flexibility index (Phi) is 6.12. The second-order valence-corrected chi connectivity index (χ2v) is 9.02. The molecule has 5 rings (SSSR count). The number of nitrogens with one attached hydrogen (secondary N) is 1. The Balaban J connectivity index is 1.42. The van der Waals surface area contributed by atoms with Gasteiger partial charge in [0.15, 0.2) is 0 Å². The highest BCUT2D eigenvalue weighted by Crippen LogP contribution is 2.32. The van der Waals surface area contributed by atoms with Crippen molar-refractivity contribution in [2.75, 3.05) is 23.3 Å². The number of piperidine rings is 1. The van der Waals surface area contributed by atoms with E-state index in [1.54, 1.807) is 18.5 Å². The molecule has 1 fully saturated rings. The third-order valence-electron chi connectivity index (χ3n) is 6.58. The van der Waals surface area contributed by atoms with Crippen LogP contribution in [-0.2, 0) is 16.1 Å². The van der Waals surface area contributed by atoms with Crippen molar-refractivity contribution in [1.29, 1.82) is 0 Å². The molecule has 2 aliphatic rings. The Morgan fingerprint density at radius 2 is 1.65 bits per heavy atom. The van der Waals surface area contributed by atoms with E-state index in [4.69, 9.17) is 0 Å².